The molecule has 20 heavy (non-hydrogen) atoms. The first kappa shape index (κ1) is 18.8. The highest BCUT2D eigenvalue weighted by atomic mass is 16.7. The molecule has 0 spiro atoms. The van der Waals surface area contributed by atoms with E-state index in [4.69, 9.17) is 18.9 Å². The third kappa shape index (κ3) is 9.71. The molecular weight excluding hydrogens is 268 g/mol. The van der Waals surface area contributed by atoms with Crippen LogP contribution in [0.5, 0.6) is 0 Å². The third-order valence-electron chi connectivity index (χ3n) is 2.02. The van der Waals surface area contributed by atoms with Crippen molar-refractivity contribution in [2.45, 2.75) is 38.9 Å². The summed E-state index contributed by atoms with van der Waals surface area (Å²) >= 11 is 0. The van der Waals surface area contributed by atoms with Gasteiger partial charge in [0, 0.05) is 7.11 Å². The van der Waals surface area contributed by atoms with Gasteiger partial charge in [0.15, 0.2) is 6.10 Å². The normalized spacial score (nSPS) is 12.8. The van der Waals surface area contributed by atoms with Gasteiger partial charge in [-0.05, 0) is 20.8 Å². The lowest BCUT2D eigenvalue weighted by Crippen LogP contribution is -2.33. The van der Waals surface area contributed by atoms with Crippen LogP contribution in [0.3, 0.4) is 0 Å². The lowest BCUT2D eigenvalue weighted by atomic mass is 10.2. The van der Waals surface area contributed by atoms with Crippen molar-refractivity contribution in [2.75, 3.05) is 34.2 Å². The maximum atomic E-state index is 11.7. The van der Waals surface area contributed by atoms with E-state index in [9.17, 15) is 9.59 Å². The van der Waals surface area contributed by atoms with Gasteiger partial charge in [0.1, 0.15) is 12.4 Å². The van der Waals surface area contributed by atoms with E-state index in [0.29, 0.717) is 13.2 Å². The number of hydrogen-bond acceptors (Lipinski definition) is 7. The molecule has 0 aliphatic carbocycles. The molecule has 0 aliphatic heterocycles. The molecule has 0 aromatic heterocycles. The number of hydrogen-bond donors (Lipinski definition) is 0. The second-order valence-corrected chi connectivity index (χ2v) is 4.99. The minimum atomic E-state index is -1.04. The molecular formula is C13H24O7. The van der Waals surface area contributed by atoms with E-state index in [2.05, 4.69) is 4.74 Å². The van der Waals surface area contributed by atoms with Crippen molar-refractivity contribution < 1.29 is 33.3 Å². The molecule has 0 aliphatic rings. The Morgan fingerprint density at radius 1 is 1.10 bits per heavy atom. The predicted octanol–water partition coefficient (Wildman–Crippen LogP) is 0.897. The van der Waals surface area contributed by atoms with Gasteiger partial charge in [-0.1, -0.05) is 0 Å². The number of ether oxygens (including phenoxy) is 5. The quantitative estimate of drug-likeness (QED) is 0.355. The molecule has 0 aromatic rings. The fourth-order valence-corrected chi connectivity index (χ4v) is 1.21. The van der Waals surface area contributed by atoms with Gasteiger partial charge in [0.05, 0.1) is 26.7 Å². The summed E-state index contributed by atoms with van der Waals surface area (Å²) in [5.74, 6) is -1.18. The van der Waals surface area contributed by atoms with E-state index in [1.165, 1.54) is 7.11 Å². The average molecular weight is 292 g/mol. The highest BCUT2D eigenvalue weighted by molar-refractivity contribution is 5.81. The molecule has 0 amide bonds. The largest absolute Gasteiger partial charge is 0.467 e. The van der Waals surface area contributed by atoms with Gasteiger partial charge in [0.25, 0.3) is 0 Å². The molecule has 1 unspecified atom stereocenters. The maximum Gasteiger partial charge on any atom is 0.335 e. The van der Waals surface area contributed by atoms with Gasteiger partial charge in [0.2, 0.25) is 0 Å². The Labute approximate surface area is 119 Å². The molecule has 0 radical (unpaired) electrons. The first-order valence-electron chi connectivity index (χ1n) is 6.28. The lowest BCUT2D eigenvalue weighted by Gasteiger charge is -2.21. The summed E-state index contributed by atoms with van der Waals surface area (Å²) < 4.78 is 24.7. The van der Waals surface area contributed by atoms with Crippen molar-refractivity contribution in [3.05, 3.63) is 0 Å². The van der Waals surface area contributed by atoms with Gasteiger partial charge in [-0.2, -0.15) is 0 Å². The van der Waals surface area contributed by atoms with Crippen LogP contribution in [0.15, 0.2) is 0 Å². The second-order valence-electron chi connectivity index (χ2n) is 4.99. The van der Waals surface area contributed by atoms with Crippen LogP contribution >= 0.6 is 0 Å². The van der Waals surface area contributed by atoms with E-state index >= 15 is 0 Å². The van der Waals surface area contributed by atoms with Gasteiger partial charge in [-0.25, -0.2) is 4.79 Å². The SMILES string of the molecule is COCCOCOC(CC(=O)OC(C)(C)C)C(=O)OC. The molecule has 0 bridgehead atoms. The fraction of sp³-hybridized carbons (Fsp3) is 0.846. The maximum absolute atomic E-state index is 11.7. The van der Waals surface area contributed by atoms with Crippen LogP contribution in [0.1, 0.15) is 27.2 Å². The molecule has 7 heteroatoms. The molecule has 0 saturated carbocycles. The van der Waals surface area contributed by atoms with Crippen molar-refractivity contribution in [1.82, 2.24) is 0 Å². The van der Waals surface area contributed by atoms with Gasteiger partial charge in [-0.3, -0.25) is 4.79 Å². The van der Waals surface area contributed by atoms with E-state index in [1.807, 2.05) is 0 Å². The first-order chi connectivity index (χ1) is 9.30. The summed E-state index contributed by atoms with van der Waals surface area (Å²) in [4.78, 5) is 23.2. The van der Waals surface area contributed by atoms with E-state index in [-0.39, 0.29) is 13.2 Å². The standard InChI is InChI=1S/C13H24O7/c1-13(2,3)20-11(14)8-10(12(15)17-5)19-9-18-7-6-16-4/h10H,6-9H2,1-5H3. The smallest absolute Gasteiger partial charge is 0.335 e. The summed E-state index contributed by atoms with van der Waals surface area (Å²) in [6.07, 6.45) is -1.27. The monoisotopic (exact) mass is 292 g/mol. The van der Waals surface area contributed by atoms with Crippen molar-refractivity contribution in [3.8, 4) is 0 Å². The van der Waals surface area contributed by atoms with Crippen molar-refractivity contribution in [1.29, 1.82) is 0 Å². The zero-order valence-corrected chi connectivity index (χ0v) is 12.8. The summed E-state index contributed by atoms with van der Waals surface area (Å²) in [7, 11) is 2.77. The minimum Gasteiger partial charge on any atom is -0.467 e. The molecule has 0 N–H and O–H groups in total. The molecule has 0 heterocycles. The molecule has 0 rings (SSSR count). The summed E-state index contributed by atoms with van der Waals surface area (Å²) in [6, 6.07) is 0. The molecule has 0 fully saturated rings. The Kier molecular flexibility index (Phi) is 9.11. The van der Waals surface area contributed by atoms with Crippen LogP contribution in [-0.4, -0.2) is 57.9 Å². The third-order valence-corrected chi connectivity index (χ3v) is 2.02. The molecule has 0 aromatic carbocycles. The first-order valence-corrected chi connectivity index (χ1v) is 6.28. The van der Waals surface area contributed by atoms with Crippen LogP contribution in [0.2, 0.25) is 0 Å². The number of esters is 2. The zero-order valence-electron chi connectivity index (χ0n) is 12.8. The Morgan fingerprint density at radius 2 is 1.75 bits per heavy atom. The highest BCUT2D eigenvalue weighted by Crippen LogP contribution is 2.11. The molecule has 1 atom stereocenters. The topological polar surface area (TPSA) is 80.3 Å². The predicted molar refractivity (Wildman–Crippen MR) is 70.0 cm³/mol. The molecule has 7 nitrogen and oxygen atoms in total. The summed E-state index contributed by atoms with van der Waals surface area (Å²) in [5, 5.41) is 0. The van der Waals surface area contributed by atoms with E-state index in [1.54, 1.807) is 27.9 Å². The highest BCUT2D eigenvalue weighted by Gasteiger charge is 2.26. The number of carbonyl (C=O) groups excluding carboxylic acids is 2. The van der Waals surface area contributed by atoms with Gasteiger partial charge in [-0.15, -0.1) is 0 Å². The minimum absolute atomic E-state index is 0.133. The van der Waals surface area contributed by atoms with Crippen molar-refractivity contribution >= 4 is 11.9 Å². The van der Waals surface area contributed by atoms with Crippen LogP contribution < -0.4 is 0 Å². The van der Waals surface area contributed by atoms with Crippen LogP contribution in [0, 0.1) is 0 Å². The second kappa shape index (κ2) is 9.68. The Morgan fingerprint density at radius 3 is 2.25 bits per heavy atom. The van der Waals surface area contributed by atoms with E-state index in [0.717, 1.165) is 0 Å². The Hall–Kier alpha value is -1.18. The van der Waals surface area contributed by atoms with Gasteiger partial charge < -0.3 is 23.7 Å². The molecule has 118 valence electrons. The Bertz CT molecular complexity index is 296. The molecule has 0 saturated heterocycles. The van der Waals surface area contributed by atoms with Crippen LogP contribution in [-0.2, 0) is 33.3 Å². The number of rotatable bonds is 9. The fourth-order valence-electron chi connectivity index (χ4n) is 1.21. The van der Waals surface area contributed by atoms with Crippen LogP contribution in [0.25, 0.3) is 0 Å². The number of carbonyl (C=O) groups is 2. The lowest BCUT2D eigenvalue weighted by molar-refractivity contribution is -0.175. The average Bonchev–Trinajstić information content (AvgIpc) is 2.34. The van der Waals surface area contributed by atoms with E-state index < -0.39 is 23.6 Å². The summed E-state index contributed by atoms with van der Waals surface area (Å²) in [6.45, 7) is 5.84. The van der Waals surface area contributed by atoms with Crippen LogP contribution in [0.4, 0.5) is 0 Å². The van der Waals surface area contributed by atoms with Gasteiger partial charge >= 0.3 is 11.9 Å². The summed E-state index contributed by atoms with van der Waals surface area (Å²) in [5.41, 5.74) is -0.618. The Balaban J connectivity index is 4.22. The van der Waals surface area contributed by atoms with Crippen molar-refractivity contribution in [2.24, 2.45) is 0 Å². The number of methoxy groups -OCH3 is 2. The zero-order chi connectivity index (χ0) is 15.6. The van der Waals surface area contributed by atoms with Crippen molar-refractivity contribution in [3.63, 3.8) is 0 Å².